The van der Waals surface area contributed by atoms with Gasteiger partial charge in [0.05, 0.1) is 23.1 Å². The number of anilines is 1. The Labute approximate surface area is 105 Å². The van der Waals surface area contributed by atoms with Gasteiger partial charge in [0, 0.05) is 11.8 Å². The molecule has 1 heterocycles. The van der Waals surface area contributed by atoms with Gasteiger partial charge in [-0.05, 0) is 19.8 Å². The molecule has 0 bridgehead atoms. The molecule has 0 spiro atoms. The van der Waals surface area contributed by atoms with Gasteiger partial charge in [0.2, 0.25) is 0 Å². The van der Waals surface area contributed by atoms with Gasteiger partial charge in [-0.1, -0.05) is 12.8 Å². The zero-order valence-electron chi connectivity index (χ0n) is 10.3. The van der Waals surface area contributed by atoms with E-state index in [0.29, 0.717) is 11.4 Å². The molecule has 0 amide bonds. The number of rotatable bonds is 3. The van der Waals surface area contributed by atoms with Crippen molar-refractivity contribution in [2.45, 2.75) is 44.8 Å². The highest BCUT2D eigenvalue weighted by molar-refractivity contribution is 5.49. The quantitative estimate of drug-likeness (QED) is 0.633. The van der Waals surface area contributed by atoms with Crippen molar-refractivity contribution < 1.29 is 10.0 Å². The molecule has 1 aromatic heterocycles. The first-order chi connectivity index (χ1) is 8.58. The van der Waals surface area contributed by atoms with Crippen molar-refractivity contribution >= 4 is 11.5 Å². The molecule has 0 radical (unpaired) electrons. The van der Waals surface area contributed by atoms with Gasteiger partial charge in [-0.25, -0.2) is 4.98 Å². The van der Waals surface area contributed by atoms with E-state index >= 15 is 0 Å². The first-order valence-electron chi connectivity index (χ1n) is 6.13. The highest BCUT2D eigenvalue weighted by atomic mass is 16.6. The summed E-state index contributed by atoms with van der Waals surface area (Å²) in [5.74, 6) is 0.457. The summed E-state index contributed by atoms with van der Waals surface area (Å²) < 4.78 is 0. The van der Waals surface area contributed by atoms with Crippen molar-refractivity contribution in [1.29, 1.82) is 0 Å². The lowest BCUT2D eigenvalue weighted by molar-refractivity contribution is -0.385. The maximum Gasteiger partial charge on any atom is 0.277 e. The van der Waals surface area contributed by atoms with Crippen molar-refractivity contribution in [3.05, 3.63) is 27.9 Å². The Balaban J connectivity index is 2.14. The molecule has 2 unspecified atom stereocenters. The molecule has 98 valence electrons. The number of nitrogens with one attached hydrogen (secondary N) is 1. The van der Waals surface area contributed by atoms with Crippen LogP contribution in [0.1, 0.15) is 31.2 Å². The van der Waals surface area contributed by atoms with E-state index in [1.807, 2.05) is 0 Å². The van der Waals surface area contributed by atoms with Crippen LogP contribution < -0.4 is 5.32 Å². The second-order valence-electron chi connectivity index (χ2n) is 4.72. The fraction of sp³-hybridized carbons (Fsp3) is 0.583. The number of aromatic nitrogens is 1. The number of aliphatic hydroxyl groups excluding tert-OH is 1. The van der Waals surface area contributed by atoms with Crippen LogP contribution in [0.4, 0.5) is 11.5 Å². The SMILES string of the molecule is Cc1cnc(NC2CCCCC2O)cc1[N+](=O)[O-]. The zero-order chi connectivity index (χ0) is 13.1. The minimum Gasteiger partial charge on any atom is -0.391 e. The predicted octanol–water partition coefficient (Wildman–Crippen LogP) is 2.01. The molecule has 0 saturated heterocycles. The van der Waals surface area contributed by atoms with Gasteiger partial charge in [-0.2, -0.15) is 0 Å². The number of hydrogen-bond donors (Lipinski definition) is 2. The lowest BCUT2D eigenvalue weighted by Crippen LogP contribution is -2.36. The first-order valence-corrected chi connectivity index (χ1v) is 6.13. The monoisotopic (exact) mass is 251 g/mol. The summed E-state index contributed by atoms with van der Waals surface area (Å²) in [7, 11) is 0. The number of nitro groups is 1. The minimum absolute atomic E-state index is 0.0535. The molecular weight excluding hydrogens is 234 g/mol. The maximum atomic E-state index is 10.8. The van der Waals surface area contributed by atoms with Crippen LogP contribution in [-0.2, 0) is 0 Å². The molecule has 2 rings (SSSR count). The van der Waals surface area contributed by atoms with Gasteiger partial charge in [-0.3, -0.25) is 10.1 Å². The predicted molar refractivity (Wildman–Crippen MR) is 67.5 cm³/mol. The van der Waals surface area contributed by atoms with E-state index in [1.165, 1.54) is 12.3 Å². The highest BCUT2D eigenvalue weighted by Gasteiger charge is 2.23. The summed E-state index contributed by atoms with van der Waals surface area (Å²) in [6.07, 6.45) is 4.80. The largest absolute Gasteiger partial charge is 0.391 e. The maximum absolute atomic E-state index is 10.8. The molecule has 6 nitrogen and oxygen atoms in total. The van der Waals surface area contributed by atoms with Crippen molar-refractivity contribution in [3.8, 4) is 0 Å². The molecule has 1 aliphatic rings. The standard InChI is InChI=1S/C12H17N3O3/c1-8-7-13-12(6-10(8)15(17)18)14-9-4-2-3-5-11(9)16/h6-7,9,11,16H,2-5H2,1H3,(H,13,14). The van der Waals surface area contributed by atoms with Crippen LogP contribution in [0.5, 0.6) is 0 Å². The second-order valence-corrected chi connectivity index (χ2v) is 4.72. The molecule has 18 heavy (non-hydrogen) atoms. The Morgan fingerprint density at radius 3 is 2.89 bits per heavy atom. The van der Waals surface area contributed by atoms with Gasteiger partial charge in [0.15, 0.2) is 0 Å². The Kier molecular flexibility index (Phi) is 3.76. The lowest BCUT2D eigenvalue weighted by Gasteiger charge is -2.28. The van der Waals surface area contributed by atoms with Crippen molar-refractivity contribution in [2.75, 3.05) is 5.32 Å². The highest BCUT2D eigenvalue weighted by Crippen LogP contribution is 2.24. The summed E-state index contributed by atoms with van der Waals surface area (Å²) in [4.78, 5) is 14.5. The Hall–Kier alpha value is -1.69. The third-order valence-electron chi connectivity index (χ3n) is 3.33. The number of aliphatic hydroxyl groups is 1. The number of pyridine rings is 1. The summed E-state index contributed by atoms with van der Waals surface area (Å²) in [6, 6.07) is 1.37. The summed E-state index contributed by atoms with van der Waals surface area (Å²) in [5, 5.41) is 23.8. The van der Waals surface area contributed by atoms with Crippen LogP contribution in [0.3, 0.4) is 0 Å². The fourth-order valence-corrected chi connectivity index (χ4v) is 2.26. The summed E-state index contributed by atoms with van der Waals surface area (Å²) >= 11 is 0. The molecule has 1 saturated carbocycles. The molecule has 1 fully saturated rings. The van der Waals surface area contributed by atoms with Crippen molar-refractivity contribution in [2.24, 2.45) is 0 Å². The van der Waals surface area contributed by atoms with E-state index in [2.05, 4.69) is 10.3 Å². The van der Waals surface area contributed by atoms with Gasteiger partial charge in [-0.15, -0.1) is 0 Å². The molecule has 2 atom stereocenters. The van der Waals surface area contributed by atoms with Crippen LogP contribution in [0.25, 0.3) is 0 Å². The number of hydrogen-bond acceptors (Lipinski definition) is 5. The number of aryl methyl sites for hydroxylation is 1. The zero-order valence-corrected chi connectivity index (χ0v) is 10.3. The van der Waals surface area contributed by atoms with E-state index in [9.17, 15) is 15.2 Å². The summed E-state index contributed by atoms with van der Waals surface area (Å²) in [5.41, 5.74) is 0.590. The molecule has 1 aliphatic carbocycles. The van der Waals surface area contributed by atoms with E-state index < -0.39 is 11.0 Å². The summed E-state index contributed by atoms with van der Waals surface area (Å²) in [6.45, 7) is 1.66. The average Bonchev–Trinajstić information content (AvgIpc) is 2.34. The van der Waals surface area contributed by atoms with Crippen LogP contribution in [0, 0.1) is 17.0 Å². The van der Waals surface area contributed by atoms with Gasteiger partial charge >= 0.3 is 0 Å². The Morgan fingerprint density at radius 2 is 2.22 bits per heavy atom. The van der Waals surface area contributed by atoms with E-state index in [-0.39, 0.29) is 11.7 Å². The van der Waals surface area contributed by atoms with Crippen LogP contribution in [-0.4, -0.2) is 27.2 Å². The fourth-order valence-electron chi connectivity index (χ4n) is 2.26. The van der Waals surface area contributed by atoms with Crippen LogP contribution in [0.2, 0.25) is 0 Å². The third-order valence-corrected chi connectivity index (χ3v) is 3.33. The molecule has 2 N–H and O–H groups in total. The Bertz CT molecular complexity index is 450. The Morgan fingerprint density at radius 1 is 1.50 bits per heavy atom. The van der Waals surface area contributed by atoms with Crippen molar-refractivity contribution in [3.63, 3.8) is 0 Å². The van der Waals surface area contributed by atoms with Crippen molar-refractivity contribution in [1.82, 2.24) is 4.98 Å². The lowest BCUT2D eigenvalue weighted by atomic mass is 9.92. The van der Waals surface area contributed by atoms with E-state index in [0.717, 1.165) is 25.7 Å². The average molecular weight is 251 g/mol. The molecular formula is C12H17N3O3. The minimum atomic E-state index is -0.417. The smallest absolute Gasteiger partial charge is 0.277 e. The topological polar surface area (TPSA) is 88.3 Å². The molecule has 0 aliphatic heterocycles. The molecule has 0 aromatic carbocycles. The number of nitrogens with zero attached hydrogens (tertiary/aromatic N) is 2. The van der Waals surface area contributed by atoms with E-state index in [1.54, 1.807) is 6.92 Å². The van der Waals surface area contributed by atoms with Gasteiger partial charge in [0.25, 0.3) is 5.69 Å². The normalized spacial score (nSPS) is 23.7. The first kappa shape index (κ1) is 12.8. The van der Waals surface area contributed by atoms with E-state index in [4.69, 9.17) is 0 Å². The third kappa shape index (κ3) is 2.76. The van der Waals surface area contributed by atoms with Crippen LogP contribution >= 0.6 is 0 Å². The molecule has 6 heteroatoms. The van der Waals surface area contributed by atoms with Gasteiger partial charge < -0.3 is 10.4 Å². The van der Waals surface area contributed by atoms with Gasteiger partial charge in [0.1, 0.15) is 5.82 Å². The second kappa shape index (κ2) is 5.30. The molecule has 1 aromatic rings. The van der Waals surface area contributed by atoms with Crippen LogP contribution in [0.15, 0.2) is 12.3 Å².